The molecule has 1 amide bonds. The molecule has 0 aliphatic heterocycles. The highest BCUT2D eigenvalue weighted by atomic mass is 79.9. The molecule has 3 nitrogen and oxygen atoms in total. The molecule has 0 bridgehead atoms. The van der Waals surface area contributed by atoms with Crippen molar-refractivity contribution in [3.8, 4) is 0 Å². The second kappa shape index (κ2) is 5.12. The maximum Gasteiger partial charge on any atom is 0.267 e. The van der Waals surface area contributed by atoms with E-state index in [0.717, 1.165) is 21.3 Å². The Morgan fingerprint density at radius 2 is 1.94 bits per heavy atom. The van der Waals surface area contributed by atoms with Crippen molar-refractivity contribution >= 4 is 44.5 Å². The van der Waals surface area contributed by atoms with Crippen LogP contribution in [0.5, 0.6) is 0 Å². The van der Waals surface area contributed by atoms with Gasteiger partial charge in [-0.05, 0) is 48.6 Å². The van der Waals surface area contributed by atoms with Gasteiger partial charge in [0.15, 0.2) is 0 Å². The molecule has 5 heteroatoms. The predicted molar refractivity (Wildman–Crippen MR) is 80.3 cm³/mol. The van der Waals surface area contributed by atoms with E-state index in [1.54, 1.807) is 6.07 Å². The molecule has 0 saturated carbocycles. The molecule has 0 spiro atoms. The number of nitrogen functional groups attached to an aromatic ring is 1. The largest absolute Gasteiger partial charge is 0.397 e. The highest BCUT2D eigenvalue weighted by molar-refractivity contribution is 9.10. The van der Waals surface area contributed by atoms with Crippen LogP contribution in [0.25, 0.3) is 0 Å². The van der Waals surface area contributed by atoms with Crippen molar-refractivity contribution in [1.82, 2.24) is 0 Å². The van der Waals surface area contributed by atoms with Gasteiger partial charge < -0.3 is 11.1 Å². The quantitative estimate of drug-likeness (QED) is 0.878. The van der Waals surface area contributed by atoms with Gasteiger partial charge in [0.05, 0.1) is 5.69 Å². The Hall–Kier alpha value is -1.33. The predicted octanol–water partition coefficient (Wildman–Crippen LogP) is 3.96. The van der Waals surface area contributed by atoms with Crippen molar-refractivity contribution < 1.29 is 4.79 Å². The van der Waals surface area contributed by atoms with Crippen molar-refractivity contribution in [3.05, 3.63) is 44.1 Å². The highest BCUT2D eigenvalue weighted by Gasteiger charge is 2.12. The van der Waals surface area contributed by atoms with Crippen molar-refractivity contribution in [2.45, 2.75) is 13.8 Å². The van der Waals surface area contributed by atoms with E-state index in [0.29, 0.717) is 10.6 Å². The van der Waals surface area contributed by atoms with Crippen LogP contribution in [0.1, 0.15) is 20.8 Å². The monoisotopic (exact) mass is 324 g/mol. The zero-order valence-corrected chi connectivity index (χ0v) is 12.5. The van der Waals surface area contributed by atoms with E-state index in [1.807, 2.05) is 31.4 Å². The third kappa shape index (κ3) is 2.57. The molecule has 0 fully saturated rings. The maximum atomic E-state index is 12.0. The number of halogens is 1. The van der Waals surface area contributed by atoms with Gasteiger partial charge >= 0.3 is 0 Å². The minimum absolute atomic E-state index is 0.163. The lowest BCUT2D eigenvalue weighted by Crippen LogP contribution is -2.12. The number of benzene rings is 1. The lowest BCUT2D eigenvalue weighted by atomic mass is 10.1. The lowest BCUT2D eigenvalue weighted by Gasteiger charge is -2.09. The number of rotatable bonds is 2. The summed E-state index contributed by atoms with van der Waals surface area (Å²) in [6.07, 6.45) is 0. The van der Waals surface area contributed by atoms with Crippen LogP contribution in [-0.2, 0) is 0 Å². The first kappa shape index (κ1) is 13.1. The Bertz CT molecular complexity index is 584. The van der Waals surface area contributed by atoms with Gasteiger partial charge in [0.25, 0.3) is 5.91 Å². The first-order valence-electron chi connectivity index (χ1n) is 5.40. The van der Waals surface area contributed by atoms with E-state index in [2.05, 4.69) is 21.2 Å². The fourth-order valence-corrected chi connectivity index (χ4v) is 2.65. The average Bonchev–Trinajstić information content (AvgIpc) is 2.72. The Morgan fingerprint density at radius 1 is 1.33 bits per heavy atom. The molecule has 1 heterocycles. The Kier molecular flexibility index (Phi) is 3.73. The van der Waals surface area contributed by atoms with Crippen molar-refractivity contribution in [2.24, 2.45) is 0 Å². The number of thiophene rings is 1. The molecule has 94 valence electrons. The third-order valence-electron chi connectivity index (χ3n) is 2.60. The van der Waals surface area contributed by atoms with Gasteiger partial charge in [0.2, 0.25) is 0 Å². The summed E-state index contributed by atoms with van der Waals surface area (Å²) in [7, 11) is 0. The minimum atomic E-state index is -0.163. The van der Waals surface area contributed by atoms with Gasteiger partial charge in [-0.15, -0.1) is 11.3 Å². The first-order valence-corrected chi connectivity index (χ1v) is 7.07. The molecule has 0 unspecified atom stereocenters. The molecule has 0 aliphatic rings. The molecular weight excluding hydrogens is 312 g/mol. The number of carbonyl (C=O) groups is 1. The standard InChI is InChI=1S/C13H13BrN2OS/c1-7-5-9(6-8(2)11(7)14)16-13(17)12-10(15)3-4-18-12/h3-6H,15H2,1-2H3,(H,16,17). The summed E-state index contributed by atoms with van der Waals surface area (Å²) >= 11 is 4.84. The van der Waals surface area contributed by atoms with Gasteiger partial charge in [-0.3, -0.25) is 4.79 Å². The van der Waals surface area contributed by atoms with Crippen LogP contribution in [-0.4, -0.2) is 5.91 Å². The van der Waals surface area contributed by atoms with E-state index in [-0.39, 0.29) is 5.91 Å². The van der Waals surface area contributed by atoms with E-state index in [1.165, 1.54) is 11.3 Å². The number of anilines is 2. The topological polar surface area (TPSA) is 55.1 Å². The van der Waals surface area contributed by atoms with Crippen LogP contribution in [0.2, 0.25) is 0 Å². The minimum Gasteiger partial charge on any atom is -0.397 e. The zero-order chi connectivity index (χ0) is 13.3. The van der Waals surface area contributed by atoms with Gasteiger partial charge in [0.1, 0.15) is 4.88 Å². The Balaban J connectivity index is 2.25. The van der Waals surface area contributed by atoms with Gasteiger partial charge in [-0.25, -0.2) is 0 Å². The van der Waals surface area contributed by atoms with Gasteiger partial charge in [0, 0.05) is 10.2 Å². The summed E-state index contributed by atoms with van der Waals surface area (Å²) in [5.74, 6) is -0.163. The summed E-state index contributed by atoms with van der Waals surface area (Å²) in [6, 6.07) is 5.59. The van der Waals surface area contributed by atoms with Crippen LogP contribution in [0.15, 0.2) is 28.1 Å². The van der Waals surface area contributed by atoms with E-state index < -0.39 is 0 Å². The van der Waals surface area contributed by atoms with Gasteiger partial charge in [-0.2, -0.15) is 0 Å². The molecule has 3 N–H and O–H groups in total. The average molecular weight is 325 g/mol. The molecule has 0 atom stereocenters. The lowest BCUT2D eigenvalue weighted by molar-refractivity contribution is 0.103. The summed E-state index contributed by atoms with van der Waals surface area (Å²) in [5, 5.41) is 4.67. The smallest absolute Gasteiger partial charge is 0.267 e. The molecule has 0 aliphatic carbocycles. The zero-order valence-electron chi connectivity index (χ0n) is 10.1. The SMILES string of the molecule is Cc1cc(NC(=O)c2sccc2N)cc(C)c1Br. The van der Waals surface area contributed by atoms with Gasteiger partial charge in [-0.1, -0.05) is 15.9 Å². The van der Waals surface area contributed by atoms with E-state index in [9.17, 15) is 4.79 Å². The van der Waals surface area contributed by atoms with E-state index in [4.69, 9.17) is 5.73 Å². The molecule has 18 heavy (non-hydrogen) atoms. The summed E-state index contributed by atoms with van der Waals surface area (Å²) in [5.41, 5.74) is 9.20. The number of nitrogens with two attached hydrogens (primary N) is 1. The Labute approximate surface area is 118 Å². The number of carbonyl (C=O) groups excluding carboxylic acids is 1. The molecule has 0 radical (unpaired) electrons. The number of amides is 1. The summed E-state index contributed by atoms with van der Waals surface area (Å²) < 4.78 is 1.07. The maximum absolute atomic E-state index is 12.0. The number of hydrogen-bond donors (Lipinski definition) is 2. The molecule has 1 aromatic heterocycles. The first-order chi connectivity index (χ1) is 8.49. The summed E-state index contributed by atoms with van der Waals surface area (Å²) in [6.45, 7) is 3.98. The second-order valence-corrected chi connectivity index (χ2v) is 5.79. The third-order valence-corrected chi connectivity index (χ3v) is 4.78. The van der Waals surface area contributed by atoms with Crippen LogP contribution in [0.3, 0.4) is 0 Å². The van der Waals surface area contributed by atoms with Crippen LogP contribution in [0.4, 0.5) is 11.4 Å². The number of aryl methyl sites for hydroxylation is 2. The van der Waals surface area contributed by atoms with Crippen molar-refractivity contribution in [2.75, 3.05) is 11.1 Å². The Morgan fingerprint density at radius 3 is 2.44 bits per heavy atom. The molecule has 2 rings (SSSR count). The molecule has 1 aromatic carbocycles. The molecule has 0 saturated heterocycles. The second-order valence-electron chi connectivity index (χ2n) is 4.08. The fourth-order valence-electron chi connectivity index (χ4n) is 1.71. The normalized spacial score (nSPS) is 10.4. The highest BCUT2D eigenvalue weighted by Crippen LogP contribution is 2.26. The van der Waals surface area contributed by atoms with Crippen LogP contribution in [0, 0.1) is 13.8 Å². The van der Waals surface area contributed by atoms with Crippen LogP contribution < -0.4 is 11.1 Å². The fraction of sp³-hybridized carbons (Fsp3) is 0.154. The number of hydrogen-bond acceptors (Lipinski definition) is 3. The van der Waals surface area contributed by atoms with Crippen molar-refractivity contribution in [1.29, 1.82) is 0 Å². The van der Waals surface area contributed by atoms with Crippen molar-refractivity contribution in [3.63, 3.8) is 0 Å². The van der Waals surface area contributed by atoms with E-state index >= 15 is 0 Å². The number of nitrogens with one attached hydrogen (secondary N) is 1. The summed E-state index contributed by atoms with van der Waals surface area (Å²) in [4.78, 5) is 12.6. The molecule has 2 aromatic rings. The van der Waals surface area contributed by atoms with Crippen LogP contribution >= 0.6 is 27.3 Å². The molecular formula is C13H13BrN2OS.